The SMILES string of the molecule is c1cncc(C2CCCN2c2nc(-c3ccsc3)nc3ccccc23)c1. The molecule has 1 saturated heterocycles. The molecule has 0 saturated carbocycles. The average Bonchev–Trinajstić information content (AvgIpc) is 3.40. The zero-order chi connectivity index (χ0) is 17.3. The van der Waals surface area contributed by atoms with E-state index in [-0.39, 0.29) is 0 Å². The van der Waals surface area contributed by atoms with Crippen LogP contribution in [0.25, 0.3) is 22.3 Å². The normalized spacial score (nSPS) is 17.1. The highest BCUT2D eigenvalue weighted by Crippen LogP contribution is 2.38. The van der Waals surface area contributed by atoms with Crippen LogP contribution in [0, 0.1) is 0 Å². The summed E-state index contributed by atoms with van der Waals surface area (Å²) in [4.78, 5) is 16.6. The number of hydrogen-bond acceptors (Lipinski definition) is 5. The second-order valence-corrected chi connectivity index (χ2v) is 7.32. The van der Waals surface area contributed by atoms with Gasteiger partial charge in [-0.15, -0.1) is 0 Å². The summed E-state index contributed by atoms with van der Waals surface area (Å²) in [7, 11) is 0. The highest BCUT2D eigenvalue weighted by atomic mass is 32.1. The lowest BCUT2D eigenvalue weighted by atomic mass is 10.1. The molecule has 1 aliphatic rings. The minimum atomic E-state index is 0.317. The Labute approximate surface area is 156 Å². The molecular formula is C21H18N4S. The lowest BCUT2D eigenvalue weighted by Crippen LogP contribution is -2.24. The van der Waals surface area contributed by atoms with Crippen LogP contribution in [-0.4, -0.2) is 21.5 Å². The van der Waals surface area contributed by atoms with Crippen LogP contribution in [0.5, 0.6) is 0 Å². The lowest BCUT2D eigenvalue weighted by molar-refractivity contribution is 0.710. The Balaban J connectivity index is 1.68. The summed E-state index contributed by atoms with van der Waals surface area (Å²) in [5, 5.41) is 5.29. The van der Waals surface area contributed by atoms with Crippen molar-refractivity contribution in [3.63, 3.8) is 0 Å². The number of benzene rings is 1. The molecule has 4 aromatic rings. The van der Waals surface area contributed by atoms with E-state index in [1.807, 2.05) is 24.5 Å². The maximum atomic E-state index is 5.00. The maximum Gasteiger partial charge on any atom is 0.162 e. The molecule has 0 N–H and O–H groups in total. The molecule has 5 rings (SSSR count). The number of fused-ring (bicyclic) bond motifs is 1. The molecule has 0 aliphatic carbocycles. The molecule has 0 bridgehead atoms. The number of thiophene rings is 1. The Morgan fingerprint density at radius 2 is 2.00 bits per heavy atom. The van der Waals surface area contributed by atoms with Crippen molar-refractivity contribution in [3.05, 3.63) is 71.2 Å². The van der Waals surface area contributed by atoms with Gasteiger partial charge in [-0.2, -0.15) is 11.3 Å². The first-order chi connectivity index (χ1) is 12.9. The monoisotopic (exact) mass is 358 g/mol. The van der Waals surface area contributed by atoms with E-state index in [4.69, 9.17) is 9.97 Å². The lowest BCUT2D eigenvalue weighted by Gasteiger charge is -2.27. The van der Waals surface area contributed by atoms with Crippen LogP contribution in [0.4, 0.5) is 5.82 Å². The zero-order valence-electron chi connectivity index (χ0n) is 14.2. The van der Waals surface area contributed by atoms with Crippen LogP contribution in [0.15, 0.2) is 65.6 Å². The molecule has 5 heteroatoms. The fourth-order valence-corrected chi connectivity index (χ4v) is 4.37. The Bertz CT molecular complexity index is 1030. The first kappa shape index (κ1) is 15.5. The van der Waals surface area contributed by atoms with Crippen molar-refractivity contribution in [2.45, 2.75) is 18.9 Å². The second kappa shape index (κ2) is 6.50. The summed E-state index contributed by atoms with van der Waals surface area (Å²) in [6, 6.07) is 14.9. The molecule has 1 fully saturated rings. The van der Waals surface area contributed by atoms with E-state index in [0.29, 0.717) is 6.04 Å². The van der Waals surface area contributed by atoms with Crippen molar-refractivity contribution in [3.8, 4) is 11.4 Å². The second-order valence-electron chi connectivity index (χ2n) is 6.54. The number of aromatic nitrogens is 3. The third-order valence-corrected chi connectivity index (χ3v) is 5.64. The van der Waals surface area contributed by atoms with Crippen LogP contribution < -0.4 is 4.90 Å². The van der Waals surface area contributed by atoms with Crippen molar-refractivity contribution >= 4 is 28.1 Å². The average molecular weight is 358 g/mol. The fourth-order valence-electron chi connectivity index (χ4n) is 3.74. The van der Waals surface area contributed by atoms with Gasteiger partial charge in [-0.1, -0.05) is 18.2 Å². The van der Waals surface area contributed by atoms with Gasteiger partial charge in [0, 0.05) is 35.3 Å². The highest BCUT2D eigenvalue weighted by Gasteiger charge is 2.29. The van der Waals surface area contributed by atoms with Gasteiger partial charge in [0.05, 0.1) is 11.6 Å². The third kappa shape index (κ3) is 2.65. The highest BCUT2D eigenvalue weighted by molar-refractivity contribution is 7.08. The van der Waals surface area contributed by atoms with Crippen molar-refractivity contribution in [1.82, 2.24) is 15.0 Å². The first-order valence-corrected chi connectivity index (χ1v) is 9.80. The van der Waals surface area contributed by atoms with Crippen LogP contribution >= 0.6 is 11.3 Å². The van der Waals surface area contributed by atoms with Crippen molar-refractivity contribution in [1.29, 1.82) is 0 Å². The number of para-hydroxylation sites is 1. The number of hydrogen-bond donors (Lipinski definition) is 0. The van der Waals surface area contributed by atoms with Gasteiger partial charge in [0.15, 0.2) is 5.82 Å². The molecule has 128 valence electrons. The zero-order valence-corrected chi connectivity index (χ0v) is 15.1. The van der Waals surface area contributed by atoms with Crippen molar-refractivity contribution in [2.24, 2.45) is 0 Å². The molecule has 26 heavy (non-hydrogen) atoms. The Hall–Kier alpha value is -2.79. The molecule has 1 aliphatic heterocycles. The molecule has 1 atom stereocenters. The summed E-state index contributed by atoms with van der Waals surface area (Å²) < 4.78 is 0. The standard InChI is InChI=1S/C21H18N4S/c1-2-7-18-17(6-1)21(24-20(23-18)16-9-12-26-14-16)25-11-4-8-19(25)15-5-3-10-22-13-15/h1-3,5-7,9-10,12-14,19H,4,8,11H2. The molecule has 1 aromatic carbocycles. The van der Waals surface area contributed by atoms with E-state index in [0.717, 1.165) is 47.5 Å². The molecule has 4 nitrogen and oxygen atoms in total. The Morgan fingerprint density at radius 1 is 1.04 bits per heavy atom. The van der Waals surface area contributed by atoms with E-state index in [1.165, 1.54) is 5.56 Å². The summed E-state index contributed by atoms with van der Waals surface area (Å²) in [5.74, 6) is 1.83. The van der Waals surface area contributed by atoms with Crippen LogP contribution in [-0.2, 0) is 0 Å². The van der Waals surface area contributed by atoms with Crippen LogP contribution in [0.3, 0.4) is 0 Å². The predicted molar refractivity (Wildman–Crippen MR) is 106 cm³/mol. The predicted octanol–water partition coefficient (Wildman–Crippen LogP) is 5.09. The van der Waals surface area contributed by atoms with Crippen LogP contribution in [0.1, 0.15) is 24.4 Å². The van der Waals surface area contributed by atoms with E-state index in [9.17, 15) is 0 Å². The first-order valence-electron chi connectivity index (χ1n) is 8.86. The van der Waals surface area contributed by atoms with Crippen LogP contribution in [0.2, 0.25) is 0 Å². The van der Waals surface area contributed by atoms with Gasteiger partial charge < -0.3 is 4.90 Å². The Morgan fingerprint density at radius 3 is 2.85 bits per heavy atom. The van der Waals surface area contributed by atoms with E-state index < -0.39 is 0 Å². The van der Waals surface area contributed by atoms with Crippen molar-refractivity contribution < 1.29 is 0 Å². The van der Waals surface area contributed by atoms with Gasteiger partial charge >= 0.3 is 0 Å². The summed E-state index contributed by atoms with van der Waals surface area (Å²) in [6.07, 6.45) is 6.09. The number of nitrogens with zero attached hydrogens (tertiary/aromatic N) is 4. The maximum absolute atomic E-state index is 5.00. The summed E-state index contributed by atoms with van der Waals surface area (Å²) in [6.45, 7) is 1.00. The Kier molecular flexibility index (Phi) is 3.87. The topological polar surface area (TPSA) is 41.9 Å². The summed E-state index contributed by atoms with van der Waals surface area (Å²) in [5.41, 5.74) is 3.33. The van der Waals surface area contributed by atoms with Gasteiger partial charge in [-0.3, -0.25) is 4.98 Å². The molecule has 0 spiro atoms. The van der Waals surface area contributed by atoms with E-state index in [2.05, 4.69) is 51.0 Å². The number of rotatable bonds is 3. The van der Waals surface area contributed by atoms with Gasteiger partial charge in [0.2, 0.25) is 0 Å². The quantitative estimate of drug-likeness (QED) is 0.511. The minimum absolute atomic E-state index is 0.317. The van der Waals surface area contributed by atoms with Gasteiger partial charge in [-0.05, 0) is 48.1 Å². The number of anilines is 1. The molecular weight excluding hydrogens is 340 g/mol. The van der Waals surface area contributed by atoms with E-state index in [1.54, 1.807) is 11.3 Å². The minimum Gasteiger partial charge on any atom is -0.349 e. The van der Waals surface area contributed by atoms with E-state index >= 15 is 0 Å². The third-order valence-electron chi connectivity index (χ3n) is 4.96. The fraction of sp³-hybridized carbons (Fsp3) is 0.190. The summed E-state index contributed by atoms with van der Waals surface area (Å²) >= 11 is 1.67. The van der Waals surface area contributed by atoms with Gasteiger partial charge in [0.1, 0.15) is 5.82 Å². The number of pyridine rings is 1. The molecule has 1 unspecified atom stereocenters. The van der Waals surface area contributed by atoms with Gasteiger partial charge in [0.25, 0.3) is 0 Å². The molecule has 0 amide bonds. The smallest absolute Gasteiger partial charge is 0.162 e. The molecule has 0 radical (unpaired) electrons. The molecule has 4 heterocycles. The van der Waals surface area contributed by atoms with Gasteiger partial charge in [-0.25, -0.2) is 9.97 Å². The molecule has 3 aromatic heterocycles. The largest absolute Gasteiger partial charge is 0.349 e. The van der Waals surface area contributed by atoms with Crippen molar-refractivity contribution in [2.75, 3.05) is 11.4 Å².